The second kappa shape index (κ2) is 9.69. The number of nitrogens with one attached hydrogen (secondary N) is 1. The van der Waals surface area contributed by atoms with Gasteiger partial charge < -0.3 is 19.2 Å². The highest BCUT2D eigenvalue weighted by atomic mass is 32.2. The van der Waals surface area contributed by atoms with Crippen LogP contribution in [-0.4, -0.2) is 34.9 Å². The molecule has 0 saturated heterocycles. The first-order valence-corrected chi connectivity index (χ1v) is 9.34. The van der Waals surface area contributed by atoms with Crippen LogP contribution in [0.25, 0.3) is 0 Å². The van der Waals surface area contributed by atoms with Crippen LogP contribution in [0.15, 0.2) is 58.2 Å². The monoisotopic (exact) mass is 417 g/mol. The largest absolute Gasteiger partial charge is 0.484 e. The molecule has 2 aromatic carbocycles. The van der Waals surface area contributed by atoms with Crippen LogP contribution in [0.5, 0.6) is 5.75 Å². The summed E-state index contributed by atoms with van der Waals surface area (Å²) in [5.41, 5.74) is -0.00204. The first-order chi connectivity index (χ1) is 14.0. The highest BCUT2D eigenvalue weighted by molar-refractivity contribution is 7.99. The number of thioether (sulfide) groups is 1. The molecule has 1 aromatic heterocycles. The molecule has 0 radical (unpaired) electrons. The summed E-state index contributed by atoms with van der Waals surface area (Å²) in [5, 5.41) is 10.5. The molecule has 29 heavy (non-hydrogen) atoms. The summed E-state index contributed by atoms with van der Waals surface area (Å²) < 4.78 is 29.0. The first-order valence-electron chi connectivity index (χ1n) is 8.36. The van der Waals surface area contributed by atoms with Crippen molar-refractivity contribution in [3.63, 3.8) is 0 Å². The van der Waals surface area contributed by atoms with E-state index in [2.05, 4.69) is 20.3 Å². The van der Waals surface area contributed by atoms with Gasteiger partial charge in [0.15, 0.2) is 6.61 Å². The predicted octanol–water partition coefficient (Wildman–Crippen LogP) is 3.31. The molecule has 1 N–H and O–H groups in total. The molecule has 3 aromatic rings. The van der Waals surface area contributed by atoms with Gasteiger partial charge in [0.05, 0.1) is 18.4 Å². The van der Waals surface area contributed by atoms with E-state index in [1.165, 1.54) is 12.1 Å². The summed E-state index contributed by atoms with van der Waals surface area (Å²) in [4.78, 5) is 23.6. The number of methoxy groups -OCH3 is 1. The van der Waals surface area contributed by atoms with E-state index in [0.717, 1.165) is 24.9 Å². The highest BCUT2D eigenvalue weighted by Gasteiger charge is 2.15. The van der Waals surface area contributed by atoms with E-state index in [0.29, 0.717) is 5.75 Å². The van der Waals surface area contributed by atoms with Crippen molar-refractivity contribution in [3.05, 3.63) is 65.8 Å². The molecule has 0 aliphatic rings. The zero-order chi connectivity index (χ0) is 20.6. The topological polar surface area (TPSA) is 104 Å². The standard InChI is InChI=1S/C19H16FN3O5S/c1-26-18(25)14-9-12(7-8-15(14)20)21-16(24)11-29-19-23-22-17(28-19)10-27-13-5-3-2-4-6-13/h2-9H,10-11H2,1H3,(H,21,24). The van der Waals surface area contributed by atoms with Gasteiger partial charge in [0.1, 0.15) is 11.6 Å². The number of halogens is 1. The summed E-state index contributed by atoms with van der Waals surface area (Å²) >= 11 is 1.03. The number of hydrogen-bond acceptors (Lipinski definition) is 8. The zero-order valence-corrected chi connectivity index (χ0v) is 16.1. The Balaban J connectivity index is 1.50. The van der Waals surface area contributed by atoms with Crippen molar-refractivity contribution in [2.45, 2.75) is 11.8 Å². The first kappa shape index (κ1) is 20.3. The molecule has 150 valence electrons. The maximum atomic E-state index is 13.6. The fourth-order valence-corrected chi connectivity index (χ4v) is 2.79. The lowest BCUT2D eigenvalue weighted by molar-refractivity contribution is -0.113. The maximum absolute atomic E-state index is 13.6. The predicted molar refractivity (Wildman–Crippen MR) is 102 cm³/mol. The average Bonchev–Trinajstić information content (AvgIpc) is 3.20. The number of carbonyl (C=O) groups is 2. The third-order valence-corrected chi connectivity index (χ3v) is 4.35. The molecule has 1 heterocycles. The number of anilines is 1. The van der Waals surface area contributed by atoms with Crippen LogP contribution in [0.3, 0.4) is 0 Å². The Morgan fingerprint density at radius 3 is 2.72 bits per heavy atom. The molecule has 0 aliphatic heterocycles. The van der Waals surface area contributed by atoms with Crippen LogP contribution in [0.1, 0.15) is 16.2 Å². The molecule has 0 unspecified atom stereocenters. The SMILES string of the molecule is COC(=O)c1cc(NC(=O)CSc2nnc(COc3ccccc3)o2)ccc1F. The van der Waals surface area contributed by atoms with E-state index in [1.807, 2.05) is 18.2 Å². The average molecular weight is 417 g/mol. The molecule has 0 bridgehead atoms. The Morgan fingerprint density at radius 2 is 1.97 bits per heavy atom. The molecule has 1 amide bonds. The van der Waals surface area contributed by atoms with Crippen LogP contribution in [0, 0.1) is 5.82 Å². The van der Waals surface area contributed by atoms with Crippen molar-refractivity contribution < 1.29 is 27.9 Å². The Morgan fingerprint density at radius 1 is 1.17 bits per heavy atom. The number of amides is 1. The van der Waals surface area contributed by atoms with Crippen LogP contribution in [0.2, 0.25) is 0 Å². The number of ether oxygens (including phenoxy) is 2. The lowest BCUT2D eigenvalue weighted by Crippen LogP contribution is -2.15. The van der Waals surface area contributed by atoms with E-state index in [1.54, 1.807) is 12.1 Å². The highest BCUT2D eigenvalue weighted by Crippen LogP contribution is 2.19. The van der Waals surface area contributed by atoms with Crippen LogP contribution < -0.4 is 10.1 Å². The molecule has 3 rings (SSSR count). The minimum absolute atomic E-state index is 0.0217. The van der Waals surface area contributed by atoms with Crippen LogP contribution in [-0.2, 0) is 16.1 Å². The van der Waals surface area contributed by atoms with Crippen molar-refractivity contribution in [1.82, 2.24) is 10.2 Å². The Bertz CT molecular complexity index is 997. The van der Waals surface area contributed by atoms with Gasteiger partial charge in [-0.1, -0.05) is 30.0 Å². The number of para-hydroxylation sites is 1. The van der Waals surface area contributed by atoms with Gasteiger partial charge in [-0.3, -0.25) is 4.79 Å². The third kappa shape index (κ3) is 5.79. The van der Waals surface area contributed by atoms with Gasteiger partial charge in [-0.15, -0.1) is 10.2 Å². The Kier molecular flexibility index (Phi) is 6.80. The fourth-order valence-electron chi connectivity index (χ4n) is 2.21. The molecule has 10 heteroatoms. The lowest BCUT2D eigenvalue weighted by Gasteiger charge is -2.07. The fraction of sp³-hybridized carbons (Fsp3) is 0.158. The van der Waals surface area contributed by atoms with Gasteiger partial charge in [-0.05, 0) is 30.3 Å². The summed E-state index contributed by atoms with van der Waals surface area (Å²) in [7, 11) is 1.15. The van der Waals surface area contributed by atoms with Crippen LogP contribution in [0.4, 0.5) is 10.1 Å². The number of rotatable bonds is 8. The second-order valence-electron chi connectivity index (χ2n) is 5.59. The molecule has 8 nitrogen and oxygen atoms in total. The van der Waals surface area contributed by atoms with Gasteiger partial charge in [0.25, 0.3) is 11.1 Å². The number of esters is 1. The summed E-state index contributed by atoms with van der Waals surface area (Å²) in [6.45, 7) is 0.107. The van der Waals surface area contributed by atoms with Gasteiger partial charge in [0, 0.05) is 5.69 Å². The van der Waals surface area contributed by atoms with Crippen molar-refractivity contribution in [1.29, 1.82) is 0 Å². The third-order valence-electron chi connectivity index (χ3n) is 3.54. The summed E-state index contributed by atoms with van der Waals surface area (Å²) in [5.74, 6) is -1.03. The lowest BCUT2D eigenvalue weighted by atomic mass is 10.2. The normalized spacial score (nSPS) is 10.4. The Labute approximate surface area is 169 Å². The zero-order valence-electron chi connectivity index (χ0n) is 15.3. The smallest absolute Gasteiger partial charge is 0.340 e. The molecular formula is C19H16FN3O5S. The molecule has 0 spiro atoms. The maximum Gasteiger partial charge on any atom is 0.340 e. The van der Waals surface area contributed by atoms with Crippen LogP contribution >= 0.6 is 11.8 Å². The minimum Gasteiger partial charge on any atom is -0.484 e. The molecule has 0 atom stereocenters. The molecule has 0 aliphatic carbocycles. The van der Waals surface area contributed by atoms with Gasteiger partial charge in [-0.2, -0.15) is 0 Å². The molecule has 0 saturated carbocycles. The van der Waals surface area contributed by atoms with Crippen molar-refractivity contribution >= 4 is 29.3 Å². The molecular weight excluding hydrogens is 401 g/mol. The number of hydrogen-bond donors (Lipinski definition) is 1. The Hall–Kier alpha value is -3.40. The van der Waals surface area contributed by atoms with E-state index in [9.17, 15) is 14.0 Å². The van der Waals surface area contributed by atoms with Crippen molar-refractivity contribution in [3.8, 4) is 5.75 Å². The van der Waals surface area contributed by atoms with Gasteiger partial charge >= 0.3 is 5.97 Å². The number of nitrogens with zero attached hydrogens (tertiary/aromatic N) is 2. The van der Waals surface area contributed by atoms with E-state index in [-0.39, 0.29) is 34.7 Å². The number of aromatic nitrogens is 2. The van der Waals surface area contributed by atoms with Crippen molar-refractivity contribution in [2.75, 3.05) is 18.2 Å². The minimum atomic E-state index is -0.830. The van der Waals surface area contributed by atoms with Gasteiger partial charge in [-0.25, -0.2) is 9.18 Å². The number of benzene rings is 2. The van der Waals surface area contributed by atoms with E-state index < -0.39 is 17.7 Å². The summed E-state index contributed by atoms with van der Waals surface area (Å²) in [6.07, 6.45) is 0. The van der Waals surface area contributed by atoms with E-state index in [4.69, 9.17) is 9.15 Å². The quantitative estimate of drug-likeness (QED) is 0.440. The van der Waals surface area contributed by atoms with Crippen molar-refractivity contribution in [2.24, 2.45) is 0 Å². The van der Waals surface area contributed by atoms with Gasteiger partial charge in [0.2, 0.25) is 5.91 Å². The number of carbonyl (C=O) groups excluding carboxylic acids is 2. The molecule has 0 fully saturated rings. The summed E-state index contributed by atoms with van der Waals surface area (Å²) in [6, 6.07) is 12.8. The van der Waals surface area contributed by atoms with E-state index >= 15 is 0 Å². The second-order valence-corrected chi connectivity index (χ2v) is 6.51.